The molecule has 2 N–H and O–H groups in total. The van der Waals surface area contributed by atoms with Crippen molar-refractivity contribution in [2.24, 2.45) is 0 Å². The van der Waals surface area contributed by atoms with Crippen LogP contribution in [0.3, 0.4) is 0 Å². The van der Waals surface area contributed by atoms with Gasteiger partial charge in [-0.1, -0.05) is 28.1 Å². The minimum absolute atomic E-state index is 0.0210. The number of benzene rings is 3. The van der Waals surface area contributed by atoms with Crippen LogP contribution in [0.4, 0.5) is 10.5 Å². The first-order valence-electron chi connectivity index (χ1n) is 12.0. The van der Waals surface area contributed by atoms with Crippen LogP contribution in [-0.4, -0.2) is 42.3 Å². The number of hydrogen-bond acceptors (Lipinski definition) is 8. The molecule has 12 heteroatoms. The summed E-state index contributed by atoms with van der Waals surface area (Å²) in [5, 5.41) is 11.4. The fraction of sp³-hybridized carbons (Fsp3) is 0.143. The summed E-state index contributed by atoms with van der Waals surface area (Å²) >= 11 is 3.45. The second kappa shape index (κ2) is 11.1. The van der Waals surface area contributed by atoms with E-state index in [0.29, 0.717) is 45.2 Å². The van der Waals surface area contributed by atoms with Crippen molar-refractivity contribution in [3.05, 3.63) is 81.3 Å². The third-order valence-electron chi connectivity index (χ3n) is 5.95. The number of nitrogens with one attached hydrogen (secondary N) is 1. The van der Waals surface area contributed by atoms with Crippen molar-refractivity contribution in [2.75, 3.05) is 18.3 Å². The van der Waals surface area contributed by atoms with E-state index in [1.807, 2.05) is 0 Å². The molecule has 5 rings (SSSR count). The van der Waals surface area contributed by atoms with Gasteiger partial charge in [0.15, 0.2) is 23.0 Å². The number of aromatic carboxylic acids is 1. The lowest BCUT2D eigenvalue weighted by Crippen LogP contribution is -2.54. The molecule has 0 aliphatic carbocycles. The van der Waals surface area contributed by atoms with Gasteiger partial charge in [-0.15, -0.1) is 0 Å². The van der Waals surface area contributed by atoms with Crippen LogP contribution >= 0.6 is 15.9 Å². The molecular formula is C28H21BrN2O9. The average molecular weight is 609 g/mol. The highest BCUT2D eigenvalue weighted by molar-refractivity contribution is 9.10. The van der Waals surface area contributed by atoms with Gasteiger partial charge in [0.05, 0.1) is 17.9 Å². The summed E-state index contributed by atoms with van der Waals surface area (Å²) in [4.78, 5) is 50.8. The highest BCUT2D eigenvalue weighted by Crippen LogP contribution is 2.38. The summed E-state index contributed by atoms with van der Waals surface area (Å²) in [5.74, 6) is -1.18. The van der Waals surface area contributed by atoms with Crippen LogP contribution in [0.5, 0.6) is 23.0 Å². The second-order valence-electron chi connectivity index (χ2n) is 8.54. The Hall–Kier alpha value is -4.84. The molecule has 0 spiro atoms. The number of anilines is 1. The molecular weight excluding hydrogens is 588 g/mol. The number of carboxylic acids is 1. The fourth-order valence-corrected chi connectivity index (χ4v) is 4.51. The van der Waals surface area contributed by atoms with Gasteiger partial charge in [0.2, 0.25) is 6.79 Å². The van der Waals surface area contributed by atoms with Crippen LogP contribution in [0.15, 0.2) is 64.6 Å². The first-order chi connectivity index (χ1) is 19.2. The van der Waals surface area contributed by atoms with E-state index in [1.165, 1.54) is 30.3 Å². The number of halogens is 1. The van der Waals surface area contributed by atoms with Crippen molar-refractivity contribution < 1.29 is 43.2 Å². The Labute approximate surface area is 236 Å². The van der Waals surface area contributed by atoms with Crippen LogP contribution in [0.2, 0.25) is 0 Å². The molecule has 2 aliphatic heterocycles. The van der Waals surface area contributed by atoms with Crippen molar-refractivity contribution >= 4 is 51.5 Å². The molecule has 0 radical (unpaired) electrons. The normalized spacial score (nSPS) is 15.3. The lowest BCUT2D eigenvalue weighted by molar-refractivity contribution is -0.122. The molecule has 0 aromatic heterocycles. The number of nitrogens with zero attached hydrogens (tertiary/aromatic N) is 1. The first kappa shape index (κ1) is 26.8. The largest absolute Gasteiger partial charge is 0.490 e. The number of ether oxygens (including phenoxy) is 4. The predicted octanol–water partition coefficient (Wildman–Crippen LogP) is 4.52. The maximum Gasteiger partial charge on any atom is 0.335 e. The number of amides is 4. The topological polar surface area (TPSA) is 141 Å². The number of barbiturate groups is 1. The SMILES string of the molecule is CCOc1cc(/C=C2\C(=O)NC(=O)N(c3ccc4c(c3)OCO4)C2=O)c(Br)cc1OCc1cccc(C(=O)O)c1. The number of fused-ring (bicyclic) bond motifs is 1. The fourth-order valence-electron chi connectivity index (χ4n) is 4.07. The maximum atomic E-state index is 13.4. The number of urea groups is 1. The van der Waals surface area contributed by atoms with Crippen molar-refractivity contribution in [1.82, 2.24) is 5.32 Å². The molecule has 11 nitrogen and oxygen atoms in total. The Morgan fingerprint density at radius 2 is 1.82 bits per heavy atom. The number of carbonyl (C=O) groups is 4. The highest BCUT2D eigenvalue weighted by atomic mass is 79.9. The number of carboxylic acid groups (broad SMARTS) is 1. The predicted molar refractivity (Wildman–Crippen MR) is 145 cm³/mol. The monoisotopic (exact) mass is 608 g/mol. The van der Waals surface area contributed by atoms with Crippen molar-refractivity contribution in [2.45, 2.75) is 13.5 Å². The van der Waals surface area contributed by atoms with E-state index < -0.39 is 23.8 Å². The Balaban J connectivity index is 1.44. The molecule has 40 heavy (non-hydrogen) atoms. The van der Waals surface area contributed by atoms with E-state index in [4.69, 9.17) is 18.9 Å². The van der Waals surface area contributed by atoms with Crippen molar-refractivity contribution in [1.29, 1.82) is 0 Å². The summed E-state index contributed by atoms with van der Waals surface area (Å²) in [6, 6.07) is 13.2. The van der Waals surface area contributed by atoms with Gasteiger partial charge in [0.25, 0.3) is 11.8 Å². The second-order valence-corrected chi connectivity index (χ2v) is 9.40. The third kappa shape index (κ3) is 5.34. The number of hydrogen-bond donors (Lipinski definition) is 2. The zero-order chi connectivity index (χ0) is 28.4. The molecule has 2 aliphatic rings. The summed E-state index contributed by atoms with van der Waals surface area (Å²) in [7, 11) is 0. The highest BCUT2D eigenvalue weighted by Gasteiger charge is 2.37. The summed E-state index contributed by atoms with van der Waals surface area (Å²) in [5.41, 5.74) is 1.12. The van der Waals surface area contributed by atoms with Gasteiger partial charge < -0.3 is 24.1 Å². The molecule has 0 atom stereocenters. The Morgan fingerprint density at radius 3 is 2.60 bits per heavy atom. The zero-order valence-corrected chi connectivity index (χ0v) is 22.5. The quantitative estimate of drug-likeness (QED) is 0.279. The van der Waals surface area contributed by atoms with Crippen LogP contribution in [0, 0.1) is 0 Å². The minimum Gasteiger partial charge on any atom is -0.490 e. The molecule has 204 valence electrons. The lowest BCUT2D eigenvalue weighted by atomic mass is 10.1. The lowest BCUT2D eigenvalue weighted by Gasteiger charge is -2.26. The summed E-state index contributed by atoms with van der Waals surface area (Å²) in [6.07, 6.45) is 1.34. The van der Waals surface area contributed by atoms with E-state index in [2.05, 4.69) is 21.2 Å². The number of imide groups is 2. The van der Waals surface area contributed by atoms with E-state index in [0.717, 1.165) is 4.90 Å². The van der Waals surface area contributed by atoms with Gasteiger partial charge in [-0.05, 0) is 60.5 Å². The van der Waals surface area contributed by atoms with Gasteiger partial charge in [-0.2, -0.15) is 0 Å². The molecule has 2 heterocycles. The van der Waals surface area contributed by atoms with Gasteiger partial charge in [-0.3, -0.25) is 14.9 Å². The Bertz CT molecular complexity index is 1580. The van der Waals surface area contributed by atoms with Crippen LogP contribution < -0.4 is 29.2 Å². The van der Waals surface area contributed by atoms with Gasteiger partial charge in [0, 0.05) is 10.5 Å². The van der Waals surface area contributed by atoms with Crippen molar-refractivity contribution in [3.63, 3.8) is 0 Å². The van der Waals surface area contributed by atoms with Gasteiger partial charge in [-0.25, -0.2) is 14.5 Å². The van der Waals surface area contributed by atoms with Gasteiger partial charge in [0.1, 0.15) is 12.2 Å². The standard InChI is InChI=1S/C28H21BrN2O9/c1-2-37-22-10-17(20(29)12-24(22)38-13-15-4-3-5-16(8-15)27(34)35)9-19-25(32)30-28(36)31(26(19)33)18-6-7-21-23(11-18)40-14-39-21/h3-12H,2,13-14H2,1H3,(H,34,35)(H,30,32,36)/b19-9+. The molecule has 0 saturated carbocycles. The van der Waals surface area contributed by atoms with Crippen LogP contribution in [0.1, 0.15) is 28.4 Å². The molecule has 3 aromatic carbocycles. The average Bonchev–Trinajstić information content (AvgIpc) is 3.40. The Morgan fingerprint density at radius 1 is 1.05 bits per heavy atom. The first-order valence-corrected chi connectivity index (χ1v) is 12.8. The van der Waals surface area contributed by atoms with Crippen molar-refractivity contribution in [3.8, 4) is 23.0 Å². The third-order valence-corrected chi connectivity index (χ3v) is 6.63. The Kier molecular flexibility index (Phi) is 7.43. The molecule has 1 fully saturated rings. The van der Waals surface area contributed by atoms with E-state index in [9.17, 15) is 24.3 Å². The van der Waals surface area contributed by atoms with E-state index in [1.54, 1.807) is 37.3 Å². The number of carbonyl (C=O) groups excluding carboxylic acids is 3. The molecule has 0 unspecified atom stereocenters. The minimum atomic E-state index is -1.04. The molecule has 1 saturated heterocycles. The van der Waals surface area contributed by atoms with Crippen LogP contribution in [0.25, 0.3) is 6.08 Å². The maximum absolute atomic E-state index is 13.4. The summed E-state index contributed by atoms with van der Waals surface area (Å²) in [6.45, 7) is 2.18. The zero-order valence-electron chi connectivity index (χ0n) is 20.9. The van der Waals surface area contributed by atoms with Crippen LogP contribution in [-0.2, 0) is 16.2 Å². The molecule has 4 amide bonds. The smallest absolute Gasteiger partial charge is 0.335 e. The summed E-state index contributed by atoms with van der Waals surface area (Å²) < 4.78 is 22.7. The molecule has 0 bridgehead atoms. The van der Waals surface area contributed by atoms with E-state index in [-0.39, 0.29) is 30.2 Å². The number of rotatable bonds is 8. The van der Waals surface area contributed by atoms with E-state index >= 15 is 0 Å². The molecule has 3 aromatic rings. The van der Waals surface area contributed by atoms with Gasteiger partial charge >= 0.3 is 12.0 Å².